The average molecular weight is 342 g/mol. The number of amides is 2. The third-order valence-corrected chi connectivity index (χ3v) is 4.14. The van der Waals surface area contributed by atoms with Gasteiger partial charge in [-0.05, 0) is 49.2 Å². The van der Waals surface area contributed by atoms with Crippen LogP contribution in [0.5, 0.6) is 5.75 Å². The molecule has 0 bridgehead atoms. The van der Waals surface area contributed by atoms with Gasteiger partial charge in [0.2, 0.25) is 5.91 Å². The van der Waals surface area contributed by atoms with Gasteiger partial charge in [0.25, 0.3) is 5.91 Å². The van der Waals surface area contributed by atoms with Crippen LogP contribution < -0.4 is 15.0 Å². The van der Waals surface area contributed by atoms with E-state index in [2.05, 4.69) is 5.32 Å². The van der Waals surface area contributed by atoms with Crippen molar-refractivity contribution in [1.29, 1.82) is 0 Å². The fourth-order valence-corrected chi connectivity index (χ4v) is 2.87. The molecule has 0 radical (unpaired) electrons. The molecule has 2 amide bonds. The SMILES string of the molecule is COc1ccc(NC(=O)c2cccc(F)c2)cc1N1CCCCC1=O. The molecular weight excluding hydrogens is 323 g/mol. The van der Waals surface area contributed by atoms with Crippen LogP contribution in [0.25, 0.3) is 0 Å². The van der Waals surface area contributed by atoms with Crippen molar-refractivity contribution in [2.75, 3.05) is 23.9 Å². The van der Waals surface area contributed by atoms with Crippen LogP contribution in [0.3, 0.4) is 0 Å². The predicted octanol–water partition coefficient (Wildman–Crippen LogP) is 3.60. The van der Waals surface area contributed by atoms with Crippen molar-refractivity contribution in [3.05, 3.63) is 53.8 Å². The van der Waals surface area contributed by atoms with E-state index in [0.717, 1.165) is 12.8 Å². The van der Waals surface area contributed by atoms with Gasteiger partial charge in [0, 0.05) is 24.2 Å². The van der Waals surface area contributed by atoms with E-state index in [-0.39, 0.29) is 11.5 Å². The summed E-state index contributed by atoms with van der Waals surface area (Å²) in [6, 6.07) is 10.6. The zero-order chi connectivity index (χ0) is 17.8. The van der Waals surface area contributed by atoms with Crippen LogP contribution in [-0.4, -0.2) is 25.5 Å². The number of nitrogens with one attached hydrogen (secondary N) is 1. The van der Waals surface area contributed by atoms with Crippen LogP contribution >= 0.6 is 0 Å². The molecule has 0 spiro atoms. The quantitative estimate of drug-likeness (QED) is 0.923. The first-order valence-corrected chi connectivity index (χ1v) is 8.14. The number of nitrogens with zero attached hydrogens (tertiary/aromatic N) is 1. The van der Waals surface area contributed by atoms with Crippen LogP contribution in [0.4, 0.5) is 15.8 Å². The number of rotatable bonds is 4. The monoisotopic (exact) mass is 342 g/mol. The van der Waals surface area contributed by atoms with Gasteiger partial charge in [-0.1, -0.05) is 6.07 Å². The lowest BCUT2D eigenvalue weighted by atomic mass is 10.1. The summed E-state index contributed by atoms with van der Waals surface area (Å²) in [4.78, 5) is 26.2. The first-order chi connectivity index (χ1) is 12.1. The van der Waals surface area contributed by atoms with Crippen LogP contribution in [0.1, 0.15) is 29.6 Å². The molecule has 1 aliphatic heterocycles. The van der Waals surface area contributed by atoms with E-state index in [1.165, 1.54) is 31.4 Å². The van der Waals surface area contributed by atoms with Gasteiger partial charge >= 0.3 is 0 Å². The Morgan fingerprint density at radius 2 is 2.04 bits per heavy atom. The molecule has 1 heterocycles. The highest BCUT2D eigenvalue weighted by Crippen LogP contribution is 2.33. The second kappa shape index (κ2) is 7.34. The summed E-state index contributed by atoms with van der Waals surface area (Å²) < 4.78 is 18.6. The molecule has 0 aromatic heterocycles. The van der Waals surface area contributed by atoms with Gasteiger partial charge in [0.05, 0.1) is 12.8 Å². The molecule has 25 heavy (non-hydrogen) atoms. The molecule has 0 saturated carbocycles. The van der Waals surface area contributed by atoms with Gasteiger partial charge in [-0.3, -0.25) is 9.59 Å². The molecule has 1 saturated heterocycles. The van der Waals surface area contributed by atoms with Gasteiger partial charge in [-0.25, -0.2) is 4.39 Å². The molecule has 2 aromatic carbocycles. The van der Waals surface area contributed by atoms with Crippen molar-refractivity contribution in [3.63, 3.8) is 0 Å². The largest absolute Gasteiger partial charge is 0.495 e. The Balaban J connectivity index is 1.86. The van der Waals surface area contributed by atoms with Crippen molar-refractivity contribution < 1.29 is 18.7 Å². The van der Waals surface area contributed by atoms with E-state index in [1.54, 1.807) is 23.1 Å². The Hall–Kier alpha value is -2.89. The Morgan fingerprint density at radius 3 is 2.76 bits per heavy atom. The lowest BCUT2D eigenvalue weighted by Gasteiger charge is -2.28. The van der Waals surface area contributed by atoms with E-state index in [9.17, 15) is 14.0 Å². The second-order valence-electron chi connectivity index (χ2n) is 5.85. The van der Waals surface area contributed by atoms with Gasteiger partial charge in [0.15, 0.2) is 0 Å². The summed E-state index contributed by atoms with van der Waals surface area (Å²) in [5.41, 5.74) is 1.37. The summed E-state index contributed by atoms with van der Waals surface area (Å²) in [7, 11) is 1.54. The maximum absolute atomic E-state index is 13.3. The van der Waals surface area contributed by atoms with E-state index < -0.39 is 11.7 Å². The molecule has 3 rings (SSSR count). The summed E-state index contributed by atoms with van der Waals surface area (Å²) in [5.74, 6) is -0.278. The number of piperidine rings is 1. The highest BCUT2D eigenvalue weighted by Gasteiger charge is 2.23. The number of hydrogen-bond acceptors (Lipinski definition) is 3. The molecule has 0 unspecified atom stereocenters. The van der Waals surface area contributed by atoms with Gasteiger partial charge < -0.3 is 15.0 Å². The summed E-state index contributed by atoms with van der Waals surface area (Å²) in [6.07, 6.45) is 2.31. The number of ether oxygens (including phenoxy) is 1. The van der Waals surface area contributed by atoms with E-state index in [0.29, 0.717) is 30.1 Å². The Labute approximate surface area is 145 Å². The molecule has 0 aliphatic carbocycles. The van der Waals surface area contributed by atoms with Crippen molar-refractivity contribution >= 4 is 23.2 Å². The molecule has 2 aromatic rings. The molecule has 0 atom stereocenters. The minimum atomic E-state index is -0.470. The topological polar surface area (TPSA) is 58.6 Å². The Bertz CT molecular complexity index is 807. The maximum Gasteiger partial charge on any atom is 0.255 e. The van der Waals surface area contributed by atoms with Crippen molar-refractivity contribution in [2.45, 2.75) is 19.3 Å². The van der Waals surface area contributed by atoms with Crippen molar-refractivity contribution in [1.82, 2.24) is 0 Å². The number of carbonyl (C=O) groups excluding carboxylic acids is 2. The highest BCUT2D eigenvalue weighted by atomic mass is 19.1. The van der Waals surface area contributed by atoms with Crippen LogP contribution in [0.2, 0.25) is 0 Å². The fraction of sp³-hybridized carbons (Fsp3) is 0.263. The average Bonchev–Trinajstić information content (AvgIpc) is 2.62. The number of carbonyl (C=O) groups is 2. The standard InChI is InChI=1S/C19H19FN2O3/c1-25-17-9-8-15(12-16(17)22-10-3-2-7-18(22)23)21-19(24)13-5-4-6-14(20)11-13/h4-6,8-9,11-12H,2-3,7,10H2,1H3,(H,21,24). The Morgan fingerprint density at radius 1 is 1.20 bits per heavy atom. The van der Waals surface area contributed by atoms with Crippen LogP contribution in [0.15, 0.2) is 42.5 Å². The molecule has 6 heteroatoms. The summed E-state index contributed by atoms with van der Waals surface area (Å²) in [5, 5.41) is 2.73. The predicted molar refractivity (Wildman–Crippen MR) is 93.6 cm³/mol. The first-order valence-electron chi connectivity index (χ1n) is 8.14. The minimum absolute atomic E-state index is 0.0400. The molecular formula is C19H19FN2O3. The zero-order valence-electron chi connectivity index (χ0n) is 13.9. The summed E-state index contributed by atoms with van der Waals surface area (Å²) in [6.45, 7) is 0.622. The number of hydrogen-bond donors (Lipinski definition) is 1. The number of halogens is 1. The van der Waals surface area contributed by atoms with Crippen LogP contribution in [0, 0.1) is 5.82 Å². The second-order valence-corrected chi connectivity index (χ2v) is 5.85. The summed E-state index contributed by atoms with van der Waals surface area (Å²) >= 11 is 0. The fourth-order valence-electron chi connectivity index (χ4n) is 2.87. The number of methoxy groups -OCH3 is 1. The van der Waals surface area contributed by atoms with E-state index >= 15 is 0 Å². The highest BCUT2D eigenvalue weighted by molar-refractivity contribution is 6.05. The molecule has 130 valence electrons. The third-order valence-electron chi connectivity index (χ3n) is 4.14. The number of benzene rings is 2. The Kier molecular flexibility index (Phi) is 4.97. The van der Waals surface area contributed by atoms with E-state index in [4.69, 9.17) is 4.74 Å². The van der Waals surface area contributed by atoms with Crippen LogP contribution in [-0.2, 0) is 4.79 Å². The molecule has 1 N–H and O–H groups in total. The van der Waals surface area contributed by atoms with Crippen molar-refractivity contribution in [3.8, 4) is 5.75 Å². The van der Waals surface area contributed by atoms with Gasteiger partial charge in [0.1, 0.15) is 11.6 Å². The molecule has 1 fully saturated rings. The van der Waals surface area contributed by atoms with Gasteiger partial charge in [-0.15, -0.1) is 0 Å². The van der Waals surface area contributed by atoms with Gasteiger partial charge in [-0.2, -0.15) is 0 Å². The van der Waals surface area contributed by atoms with Crippen molar-refractivity contribution in [2.24, 2.45) is 0 Å². The molecule has 5 nitrogen and oxygen atoms in total. The van der Waals surface area contributed by atoms with E-state index in [1.807, 2.05) is 0 Å². The molecule has 1 aliphatic rings. The lowest BCUT2D eigenvalue weighted by Crippen LogP contribution is -2.35. The smallest absolute Gasteiger partial charge is 0.255 e. The minimum Gasteiger partial charge on any atom is -0.495 e. The number of anilines is 2. The normalized spacial score (nSPS) is 14.3. The third kappa shape index (κ3) is 3.79. The lowest BCUT2D eigenvalue weighted by molar-refractivity contribution is -0.119. The first kappa shape index (κ1) is 17.0. The zero-order valence-corrected chi connectivity index (χ0v) is 13.9. The maximum atomic E-state index is 13.3.